The highest BCUT2D eigenvalue weighted by atomic mass is 16.5. The minimum Gasteiger partial charge on any atom is -0.385 e. The van der Waals surface area contributed by atoms with E-state index < -0.39 is 11.2 Å². The number of nitrogens with zero attached hydrogens (tertiary/aromatic N) is 3. The summed E-state index contributed by atoms with van der Waals surface area (Å²) in [5, 5.41) is 0. The smallest absolute Gasteiger partial charge is 0.330 e. The maximum absolute atomic E-state index is 13.7. The highest BCUT2D eigenvalue weighted by Crippen LogP contribution is 2.32. The topological polar surface area (TPSA) is 114 Å². The Morgan fingerprint density at radius 3 is 2.60 bits per heavy atom. The van der Waals surface area contributed by atoms with Gasteiger partial charge < -0.3 is 20.3 Å². The van der Waals surface area contributed by atoms with Crippen LogP contribution in [0.15, 0.2) is 64.2 Å². The minimum atomic E-state index is -0.683. The number of carbonyl (C=O) groups is 1. The lowest BCUT2D eigenvalue weighted by Gasteiger charge is -2.29. The van der Waals surface area contributed by atoms with E-state index in [0.717, 1.165) is 17.7 Å². The number of H-pyrrole nitrogens is 1. The Morgan fingerprint density at radius 1 is 1.14 bits per heavy atom. The number of hydrogen-bond acceptors (Lipinski definition) is 6. The minimum absolute atomic E-state index is 0.0123. The van der Waals surface area contributed by atoms with E-state index >= 15 is 0 Å². The van der Waals surface area contributed by atoms with E-state index in [0.29, 0.717) is 13.0 Å². The largest absolute Gasteiger partial charge is 0.385 e. The van der Waals surface area contributed by atoms with Crippen LogP contribution in [0.2, 0.25) is 0 Å². The summed E-state index contributed by atoms with van der Waals surface area (Å²) in [6.07, 6.45) is 1.35. The second-order valence-corrected chi connectivity index (χ2v) is 8.77. The van der Waals surface area contributed by atoms with E-state index in [9.17, 15) is 14.4 Å². The molecule has 1 aliphatic heterocycles. The van der Waals surface area contributed by atoms with E-state index in [-0.39, 0.29) is 43.1 Å². The van der Waals surface area contributed by atoms with Crippen LogP contribution in [0.3, 0.4) is 0 Å². The van der Waals surface area contributed by atoms with Gasteiger partial charge in [0.15, 0.2) is 5.69 Å². The van der Waals surface area contributed by atoms with Gasteiger partial charge in [-0.15, -0.1) is 0 Å². The van der Waals surface area contributed by atoms with Crippen molar-refractivity contribution in [3.8, 4) is 0 Å². The Kier molecular flexibility index (Phi) is 7.36. The van der Waals surface area contributed by atoms with Gasteiger partial charge >= 0.3 is 5.69 Å². The number of benzene rings is 2. The number of aromatic amines is 1. The molecule has 0 aliphatic carbocycles. The molecule has 1 unspecified atom stereocenters. The van der Waals surface area contributed by atoms with Gasteiger partial charge in [0, 0.05) is 32.0 Å². The molecule has 0 saturated carbocycles. The van der Waals surface area contributed by atoms with Gasteiger partial charge in [0.2, 0.25) is 5.91 Å². The molecule has 1 amide bonds. The van der Waals surface area contributed by atoms with E-state index in [1.165, 1.54) is 15.0 Å². The number of methoxy groups -OCH3 is 1. The van der Waals surface area contributed by atoms with Gasteiger partial charge in [0.25, 0.3) is 5.56 Å². The number of rotatable bonds is 9. The maximum Gasteiger partial charge on any atom is 0.330 e. The number of ether oxygens (including phenoxy) is 1. The van der Waals surface area contributed by atoms with E-state index in [1.54, 1.807) is 7.11 Å². The SMILES string of the molecule is COCCCN(C(=O)CN1c2ccccc2CC1C)c1c(N)n(Cc2ccccc2)c(=O)[nH]c1=O. The Hall–Kier alpha value is -3.85. The number of nitrogen functional groups attached to an aromatic ring is 1. The standard InChI is InChI=1S/C26H31N5O4/c1-18-15-20-11-6-7-12-21(20)30(18)17-22(32)29(13-8-14-35-2)23-24(27)31(26(34)28-25(23)33)16-19-9-4-3-5-10-19/h3-7,9-12,18H,8,13-17,27H2,1-2H3,(H,28,33,34). The third-order valence-electron chi connectivity index (χ3n) is 6.35. The lowest BCUT2D eigenvalue weighted by Crippen LogP contribution is -2.47. The molecule has 0 radical (unpaired) electrons. The third-order valence-corrected chi connectivity index (χ3v) is 6.35. The summed E-state index contributed by atoms with van der Waals surface area (Å²) in [6, 6.07) is 17.5. The van der Waals surface area contributed by atoms with Crippen LogP contribution in [-0.2, 0) is 22.5 Å². The van der Waals surface area contributed by atoms with Gasteiger partial charge in [-0.1, -0.05) is 48.5 Å². The molecule has 2 heterocycles. The van der Waals surface area contributed by atoms with Crippen LogP contribution in [0.1, 0.15) is 24.5 Å². The molecule has 184 valence electrons. The van der Waals surface area contributed by atoms with Gasteiger partial charge in [0.05, 0.1) is 13.1 Å². The van der Waals surface area contributed by atoms with Gasteiger partial charge in [-0.2, -0.15) is 0 Å². The van der Waals surface area contributed by atoms with Gasteiger partial charge in [-0.05, 0) is 37.0 Å². The molecule has 4 rings (SSSR count). The molecule has 3 aromatic rings. The number of aromatic nitrogens is 2. The van der Waals surface area contributed by atoms with Crippen molar-refractivity contribution in [2.45, 2.75) is 32.4 Å². The van der Waals surface area contributed by atoms with Crippen molar-refractivity contribution < 1.29 is 9.53 Å². The van der Waals surface area contributed by atoms with Crippen LogP contribution in [0.5, 0.6) is 0 Å². The molecule has 0 fully saturated rings. The molecule has 9 heteroatoms. The number of carbonyl (C=O) groups excluding carboxylic acids is 1. The Labute approximate surface area is 203 Å². The lowest BCUT2D eigenvalue weighted by atomic mass is 10.1. The zero-order valence-corrected chi connectivity index (χ0v) is 20.1. The fraction of sp³-hybridized carbons (Fsp3) is 0.346. The van der Waals surface area contributed by atoms with E-state index in [1.807, 2.05) is 53.4 Å². The Balaban J connectivity index is 1.69. The number of anilines is 3. The molecule has 0 saturated heterocycles. The Morgan fingerprint density at radius 2 is 1.86 bits per heavy atom. The van der Waals surface area contributed by atoms with Crippen molar-refractivity contribution in [2.75, 3.05) is 42.3 Å². The lowest BCUT2D eigenvalue weighted by molar-refractivity contribution is -0.117. The first kappa shape index (κ1) is 24.3. The van der Waals surface area contributed by atoms with Crippen LogP contribution >= 0.6 is 0 Å². The maximum atomic E-state index is 13.7. The molecule has 3 N–H and O–H groups in total. The monoisotopic (exact) mass is 477 g/mol. The van der Waals surface area contributed by atoms with Gasteiger partial charge in [0.1, 0.15) is 5.82 Å². The number of amides is 1. The zero-order chi connectivity index (χ0) is 24.9. The van der Waals surface area contributed by atoms with Crippen LogP contribution in [-0.4, -0.2) is 48.3 Å². The number of hydrogen-bond donors (Lipinski definition) is 2. The molecular weight excluding hydrogens is 446 g/mol. The summed E-state index contributed by atoms with van der Waals surface area (Å²) in [4.78, 5) is 45.0. The highest BCUT2D eigenvalue weighted by molar-refractivity contribution is 5.98. The Bertz CT molecular complexity index is 1300. The zero-order valence-electron chi connectivity index (χ0n) is 20.1. The normalized spacial score (nSPS) is 14.7. The van der Waals surface area contributed by atoms with Crippen molar-refractivity contribution in [1.29, 1.82) is 0 Å². The van der Waals surface area contributed by atoms with Crippen LogP contribution in [0.25, 0.3) is 0 Å². The summed E-state index contributed by atoms with van der Waals surface area (Å²) >= 11 is 0. The molecule has 9 nitrogen and oxygen atoms in total. The first-order valence-electron chi connectivity index (χ1n) is 11.7. The summed E-state index contributed by atoms with van der Waals surface area (Å²) in [5.41, 5.74) is 8.13. The van der Waals surface area contributed by atoms with E-state index in [4.69, 9.17) is 10.5 Å². The van der Waals surface area contributed by atoms with Gasteiger partial charge in [-0.25, -0.2) is 4.79 Å². The summed E-state index contributed by atoms with van der Waals surface area (Å²) in [7, 11) is 1.58. The molecule has 1 aliphatic rings. The average molecular weight is 478 g/mol. The number of fused-ring (bicyclic) bond motifs is 1. The van der Waals surface area contributed by atoms with Crippen molar-refractivity contribution >= 4 is 23.1 Å². The molecule has 2 aromatic carbocycles. The molecule has 35 heavy (non-hydrogen) atoms. The second-order valence-electron chi connectivity index (χ2n) is 8.77. The highest BCUT2D eigenvalue weighted by Gasteiger charge is 2.31. The van der Waals surface area contributed by atoms with Crippen LogP contribution in [0, 0.1) is 0 Å². The van der Waals surface area contributed by atoms with E-state index in [2.05, 4.69) is 18.0 Å². The fourth-order valence-electron chi connectivity index (χ4n) is 4.59. The summed E-state index contributed by atoms with van der Waals surface area (Å²) in [5.74, 6) is -0.310. The molecule has 1 aromatic heterocycles. The number of para-hydroxylation sites is 1. The van der Waals surface area contributed by atoms with Crippen LogP contribution in [0.4, 0.5) is 17.2 Å². The predicted molar refractivity (Wildman–Crippen MR) is 137 cm³/mol. The second kappa shape index (κ2) is 10.6. The van der Waals surface area contributed by atoms with Crippen molar-refractivity contribution in [1.82, 2.24) is 9.55 Å². The average Bonchev–Trinajstić information content (AvgIpc) is 3.16. The summed E-state index contributed by atoms with van der Waals surface area (Å²) in [6.45, 7) is 2.97. The molecule has 0 spiro atoms. The van der Waals surface area contributed by atoms with Crippen molar-refractivity contribution in [3.05, 3.63) is 86.6 Å². The quantitative estimate of drug-likeness (QED) is 0.456. The van der Waals surface area contributed by atoms with Crippen LogP contribution < -0.4 is 26.8 Å². The number of nitrogens with two attached hydrogens (primary N) is 1. The molecular formula is C26H31N5O4. The molecule has 1 atom stereocenters. The number of nitrogens with one attached hydrogen (secondary N) is 1. The third kappa shape index (κ3) is 5.14. The fourth-order valence-corrected chi connectivity index (χ4v) is 4.59. The predicted octanol–water partition coefficient (Wildman–Crippen LogP) is 1.99. The van der Waals surface area contributed by atoms with Crippen molar-refractivity contribution in [3.63, 3.8) is 0 Å². The van der Waals surface area contributed by atoms with Gasteiger partial charge in [-0.3, -0.25) is 19.1 Å². The summed E-state index contributed by atoms with van der Waals surface area (Å²) < 4.78 is 6.45. The first-order chi connectivity index (χ1) is 16.9. The first-order valence-corrected chi connectivity index (χ1v) is 11.7. The molecule has 0 bridgehead atoms. The van der Waals surface area contributed by atoms with Crippen molar-refractivity contribution in [2.24, 2.45) is 0 Å².